The molecule has 1 heterocycles. The molecule has 2 aromatic rings. The van der Waals surface area contributed by atoms with Gasteiger partial charge in [-0.1, -0.05) is 17.4 Å². The molecule has 0 saturated carbocycles. The van der Waals surface area contributed by atoms with E-state index in [1.165, 1.54) is 17.4 Å². The van der Waals surface area contributed by atoms with Crippen molar-refractivity contribution in [3.8, 4) is 5.75 Å². The lowest BCUT2D eigenvalue weighted by Crippen LogP contribution is -1.97. The highest BCUT2D eigenvalue weighted by atomic mass is 32.1. The summed E-state index contributed by atoms with van der Waals surface area (Å²) in [5, 5.41) is 8.42. The zero-order valence-corrected chi connectivity index (χ0v) is 9.42. The fourth-order valence-corrected chi connectivity index (χ4v) is 1.71. The van der Waals surface area contributed by atoms with Crippen LogP contribution in [-0.4, -0.2) is 10.2 Å². The number of nitrogens with two attached hydrogens (primary N) is 1. The van der Waals surface area contributed by atoms with E-state index in [0.29, 0.717) is 10.1 Å². The molecule has 0 amide bonds. The van der Waals surface area contributed by atoms with Gasteiger partial charge >= 0.3 is 0 Å². The van der Waals surface area contributed by atoms with Gasteiger partial charge in [-0.05, 0) is 24.6 Å². The SMILES string of the molecule is Cc1ccc(F)c(OCc2nnc(N)s2)c1. The maximum Gasteiger partial charge on any atom is 0.203 e. The highest BCUT2D eigenvalue weighted by Crippen LogP contribution is 2.20. The van der Waals surface area contributed by atoms with Gasteiger partial charge in [-0.15, -0.1) is 10.2 Å². The number of nitrogen functional groups attached to an aromatic ring is 1. The first-order valence-corrected chi connectivity index (χ1v) is 5.43. The molecule has 0 aliphatic rings. The van der Waals surface area contributed by atoms with Gasteiger partial charge in [0.15, 0.2) is 16.6 Å². The van der Waals surface area contributed by atoms with Crippen molar-refractivity contribution < 1.29 is 9.13 Å². The first kappa shape index (κ1) is 10.8. The Hall–Kier alpha value is -1.69. The van der Waals surface area contributed by atoms with E-state index in [1.54, 1.807) is 12.1 Å². The molecule has 0 radical (unpaired) electrons. The van der Waals surface area contributed by atoms with E-state index in [2.05, 4.69) is 10.2 Å². The second kappa shape index (κ2) is 4.44. The molecule has 0 saturated heterocycles. The van der Waals surface area contributed by atoms with E-state index in [4.69, 9.17) is 10.5 Å². The van der Waals surface area contributed by atoms with Gasteiger partial charge in [-0.25, -0.2) is 4.39 Å². The van der Waals surface area contributed by atoms with Crippen molar-refractivity contribution in [3.05, 3.63) is 34.6 Å². The van der Waals surface area contributed by atoms with Crippen LogP contribution < -0.4 is 10.5 Å². The second-order valence-corrected chi connectivity index (χ2v) is 4.35. The highest BCUT2D eigenvalue weighted by molar-refractivity contribution is 7.15. The summed E-state index contributed by atoms with van der Waals surface area (Å²) < 4.78 is 18.6. The number of rotatable bonds is 3. The summed E-state index contributed by atoms with van der Waals surface area (Å²) >= 11 is 1.23. The van der Waals surface area contributed by atoms with Crippen molar-refractivity contribution in [1.82, 2.24) is 10.2 Å². The zero-order valence-electron chi connectivity index (χ0n) is 8.61. The summed E-state index contributed by atoms with van der Waals surface area (Å²) in [6.07, 6.45) is 0. The molecular formula is C10H10FN3OS. The van der Waals surface area contributed by atoms with Crippen molar-refractivity contribution in [2.24, 2.45) is 0 Å². The molecule has 0 spiro atoms. The van der Waals surface area contributed by atoms with E-state index in [1.807, 2.05) is 6.92 Å². The molecule has 0 aliphatic heterocycles. The molecule has 4 nitrogen and oxygen atoms in total. The molecular weight excluding hydrogens is 229 g/mol. The molecule has 0 fully saturated rings. The van der Waals surface area contributed by atoms with Crippen LogP contribution in [0.25, 0.3) is 0 Å². The Labute approximate surface area is 95.9 Å². The minimum absolute atomic E-state index is 0.176. The third-order valence-electron chi connectivity index (χ3n) is 1.92. The third kappa shape index (κ3) is 2.46. The monoisotopic (exact) mass is 239 g/mol. The molecule has 2 N–H and O–H groups in total. The molecule has 0 unspecified atom stereocenters. The largest absolute Gasteiger partial charge is 0.483 e. The number of anilines is 1. The normalized spacial score (nSPS) is 10.4. The van der Waals surface area contributed by atoms with Gasteiger partial charge in [0.2, 0.25) is 5.13 Å². The van der Waals surface area contributed by atoms with Gasteiger partial charge in [-0.3, -0.25) is 0 Å². The summed E-state index contributed by atoms with van der Waals surface area (Å²) in [6, 6.07) is 4.70. The van der Waals surface area contributed by atoms with E-state index in [-0.39, 0.29) is 18.2 Å². The summed E-state index contributed by atoms with van der Waals surface area (Å²) in [4.78, 5) is 0. The highest BCUT2D eigenvalue weighted by Gasteiger charge is 2.06. The Morgan fingerprint density at radius 2 is 2.25 bits per heavy atom. The number of aryl methyl sites for hydroxylation is 1. The van der Waals surface area contributed by atoms with Crippen molar-refractivity contribution in [1.29, 1.82) is 0 Å². The molecule has 2 rings (SSSR count). The number of nitrogens with zero attached hydrogens (tertiary/aromatic N) is 2. The first-order valence-electron chi connectivity index (χ1n) is 4.62. The third-order valence-corrected chi connectivity index (χ3v) is 2.65. The van der Waals surface area contributed by atoms with E-state index in [9.17, 15) is 4.39 Å². The van der Waals surface area contributed by atoms with Crippen LogP contribution in [0.5, 0.6) is 5.75 Å². The Balaban J connectivity index is 2.07. The minimum Gasteiger partial charge on any atom is -0.483 e. The number of aromatic nitrogens is 2. The van der Waals surface area contributed by atoms with Crippen molar-refractivity contribution >= 4 is 16.5 Å². The average molecular weight is 239 g/mol. The molecule has 0 atom stereocenters. The summed E-state index contributed by atoms with van der Waals surface area (Å²) in [5.41, 5.74) is 6.35. The minimum atomic E-state index is -0.386. The van der Waals surface area contributed by atoms with Crippen LogP contribution in [0.2, 0.25) is 0 Å². The summed E-state index contributed by atoms with van der Waals surface area (Å²) in [7, 11) is 0. The van der Waals surface area contributed by atoms with Gasteiger partial charge in [0.1, 0.15) is 6.61 Å². The Morgan fingerprint density at radius 3 is 2.94 bits per heavy atom. The van der Waals surface area contributed by atoms with E-state index < -0.39 is 0 Å². The quantitative estimate of drug-likeness (QED) is 0.891. The molecule has 1 aromatic heterocycles. The van der Waals surface area contributed by atoms with Crippen molar-refractivity contribution in [3.63, 3.8) is 0 Å². The van der Waals surface area contributed by atoms with Crippen molar-refractivity contribution in [2.75, 3.05) is 5.73 Å². The summed E-state index contributed by atoms with van der Waals surface area (Å²) in [6.45, 7) is 2.05. The van der Waals surface area contributed by atoms with E-state index in [0.717, 1.165) is 5.56 Å². The second-order valence-electron chi connectivity index (χ2n) is 3.26. The molecule has 84 valence electrons. The molecule has 6 heteroatoms. The fraction of sp³-hybridized carbons (Fsp3) is 0.200. The molecule has 1 aromatic carbocycles. The van der Waals surface area contributed by atoms with Gasteiger partial charge in [0.25, 0.3) is 0 Å². The van der Waals surface area contributed by atoms with Crippen molar-refractivity contribution in [2.45, 2.75) is 13.5 Å². The zero-order chi connectivity index (χ0) is 11.5. The molecule has 0 aliphatic carbocycles. The van der Waals surface area contributed by atoms with Crippen LogP contribution in [0.1, 0.15) is 10.6 Å². The lowest BCUT2D eigenvalue weighted by Gasteiger charge is -2.05. The smallest absolute Gasteiger partial charge is 0.203 e. The van der Waals surface area contributed by atoms with E-state index >= 15 is 0 Å². The number of hydrogen-bond donors (Lipinski definition) is 1. The Bertz CT molecular complexity index is 501. The maximum absolute atomic E-state index is 13.3. The Kier molecular flexibility index (Phi) is 3.00. The van der Waals surface area contributed by atoms with Crippen LogP contribution >= 0.6 is 11.3 Å². The summed E-state index contributed by atoms with van der Waals surface area (Å²) in [5.74, 6) is -0.170. The van der Waals surface area contributed by atoms with Crippen LogP contribution in [0.4, 0.5) is 9.52 Å². The van der Waals surface area contributed by atoms with Crippen LogP contribution in [0, 0.1) is 12.7 Å². The number of benzene rings is 1. The van der Waals surface area contributed by atoms with Gasteiger partial charge in [-0.2, -0.15) is 0 Å². The Morgan fingerprint density at radius 1 is 1.44 bits per heavy atom. The van der Waals surface area contributed by atoms with Crippen LogP contribution in [0.3, 0.4) is 0 Å². The lowest BCUT2D eigenvalue weighted by atomic mass is 10.2. The number of halogens is 1. The van der Waals surface area contributed by atoms with Gasteiger partial charge in [0, 0.05) is 0 Å². The van der Waals surface area contributed by atoms with Gasteiger partial charge in [0.05, 0.1) is 0 Å². The number of hydrogen-bond acceptors (Lipinski definition) is 5. The predicted octanol–water partition coefficient (Wildman–Crippen LogP) is 2.15. The fourth-order valence-electron chi connectivity index (χ4n) is 1.19. The maximum atomic E-state index is 13.3. The van der Waals surface area contributed by atoms with Crippen LogP contribution in [0.15, 0.2) is 18.2 Å². The topological polar surface area (TPSA) is 61.0 Å². The molecule has 16 heavy (non-hydrogen) atoms. The lowest BCUT2D eigenvalue weighted by molar-refractivity contribution is 0.288. The first-order chi connectivity index (χ1) is 7.65. The van der Waals surface area contributed by atoms with Gasteiger partial charge < -0.3 is 10.5 Å². The predicted molar refractivity (Wildman–Crippen MR) is 59.8 cm³/mol. The molecule has 0 bridgehead atoms. The number of ether oxygens (including phenoxy) is 1. The average Bonchev–Trinajstić information content (AvgIpc) is 2.66. The van der Waals surface area contributed by atoms with Crippen LogP contribution in [-0.2, 0) is 6.61 Å². The standard InChI is InChI=1S/C10H10FN3OS/c1-6-2-3-7(11)8(4-6)15-5-9-13-14-10(12)16-9/h2-4H,5H2,1H3,(H2,12,14).